The van der Waals surface area contributed by atoms with Crippen molar-refractivity contribution in [3.8, 4) is 0 Å². The molecule has 94 valence electrons. The van der Waals surface area contributed by atoms with E-state index in [9.17, 15) is 9.59 Å². The normalized spacial score (nSPS) is 10.4. The highest BCUT2D eigenvalue weighted by molar-refractivity contribution is 6.06. The largest absolute Gasteiger partial charge is 0.370 e. The molecule has 0 spiro atoms. The van der Waals surface area contributed by atoms with Crippen molar-refractivity contribution >= 4 is 11.6 Å². The van der Waals surface area contributed by atoms with Gasteiger partial charge in [-0.3, -0.25) is 4.79 Å². The molecule has 0 bridgehead atoms. The predicted molar refractivity (Wildman–Crippen MR) is 67.9 cm³/mol. The van der Waals surface area contributed by atoms with Crippen LogP contribution in [-0.2, 0) is 7.05 Å². The molecule has 5 heteroatoms. The second-order valence-electron chi connectivity index (χ2n) is 4.04. The summed E-state index contributed by atoms with van der Waals surface area (Å²) in [5.41, 5.74) is 0.713. The van der Waals surface area contributed by atoms with Crippen LogP contribution < -0.4 is 10.5 Å². The summed E-state index contributed by atoms with van der Waals surface area (Å²) in [6.07, 6.45) is 0. The Labute approximate surface area is 104 Å². The number of anilines is 1. The summed E-state index contributed by atoms with van der Waals surface area (Å²) in [5.74, 6) is -0.368. The van der Waals surface area contributed by atoms with Crippen LogP contribution in [0.3, 0.4) is 0 Å². The van der Waals surface area contributed by atoms with Crippen molar-refractivity contribution in [2.45, 2.75) is 6.92 Å². The molecule has 5 nitrogen and oxygen atoms in total. The van der Waals surface area contributed by atoms with Crippen LogP contribution >= 0.6 is 0 Å². The Hall–Kier alpha value is -2.30. The monoisotopic (exact) mass is 246 g/mol. The maximum absolute atomic E-state index is 12.3. The Morgan fingerprint density at radius 1 is 1.28 bits per heavy atom. The fourth-order valence-electron chi connectivity index (χ4n) is 1.72. The van der Waals surface area contributed by atoms with E-state index in [-0.39, 0.29) is 11.5 Å². The molecule has 0 aliphatic rings. The van der Waals surface area contributed by atoms with E-state index in [2.05, 4.69) is 0 Å². The second-order valence-corrected chi connectivity index (χ2v) is 4.04. The smallest absolute Gasteiger partial charge is 0.336 e. The third kappa shape index (κ3) is 1.95. The van der Waals surface area contributed by atoms with E-state index < -0.39 is 5.63 Å². The zero-order valence-corrected chi connectivity index (χ0v) is 10.5. The van der Waals surface area contributed by atoms with Crippen molar-refractivity contribution in [1.82, 2.24) is 4.74 Å². The second kappa shape index (κ2) is 4.52. The first-order valence-electron chi connectivity index (χ1n) is 5.52. The molecular formula is C13H14N2O3. The molecule has 0 radical (unpaired) electrons. The molecule has 0 saturated heterocycles. The molecule has 1 amide bonds. The van der Waals surface area contributed by atoms with E-state index >= 15 is 0 Å². The van der Waals surface area contributed by atoms with Crippen LogP contribution in [0.1, 0.15) is 16.1 Å². The predicted octanol–water partition coefficient (Wildman–Crippen LogP) is 1.56. The van der Waals surface area contributed by atoms with Crippen LogP contribution in [0.5, 0.6) is 0 Å². The van der Waals surface area contributed by atoms with Gasteiger partial charge >= 0.3 is 5.63 Å². The minimum atomic E-state index is -0.609. The van der Waals surface area contributed by atoms with Crippen molar-refractivity contribution in [2.24, 2.45) is 7.05 Å². The lowest BCUT2D eigenvalue weighted by Gasteiger charge is -2.16. The van der Waals surface area contributed by atoms with Crippen LogP contribution in [0, 0.1) is 6.92 Å². The van der Waals surface area contributed by atoms with Gasteiger partial charge < -0.3 is 9.42 Å². The summed E-state index contributed by atoms with van der Waals surface area (Å²) in [6, 6.07) is 9.14. The maximum atomic E-state index is 12.3. The summed E-state index contributed by atoms with van der Waals surface area (Å²) in [6.45, 7) is 1.68. The molecule has 0 aliphatic heterocycles. The molecule has 1 aromatic carbocycles. The third-order valence-corrected chi connectivity index (χ3v) is 2.92. The summed E-state index contributed by atoms with van der Waals surface area (Å²) in [4.78, 5) is 25.3. The van der Waals surface area contributed by atoms with Gasteiger partial charge in [0.15, 0.2) is 0 Å². The van der Waals surface area contributed by atoms with Gasteiger partial charge in [-0.25, -0.2) is 9.53 Å². The number of aryl methyl sites for hydroxylation is 1. The van der Waals surface area contributed by atoms with Gasteiger partial charge in [0, 0.05) is 19.8 Å². The molecule has 0 unspecified atom stereocenters. The average Bonchev–Trinajstić information content (AvgIpc) is 2.63. The van der Waals surface area contributed by atoms with Crippen LogP contribution in [-0.4, -0.2) is 17.7 Å². The van der Waals surface area contributed by atoms with Crippen LogP contribution in [0.15, 0.2) is 39.6 Å². The summed E-state index contributed by atoms with van der Waals surface area (Å²) >= 11 is 0. The molecule has 0 atom stereocenters. The molecule has 0 N–H and O–H groups in total. The van der Waals surface area contributed by atoms with Crippen LogP contribution in [0.2, 0.25) is 0 Å². The molecule has 2 aromatic rings. The molecule has 0 aliphatic carbocycles. The van der Waals surface area contributed by atoms with Crippen molar-refractivity contribution in [3.63, 3.8) is 0 Å². The van der Waals surface area contributed by atoms with Crippen molar-refractivity contribution in [2.75, 3.05) is 11.9 Å². The van der Waals surface area contributed by atoms with E-state index in [1.165, 1.54) is 9.64 Å². The Morgan fingerprint density at radius 2 is 1.89 bits per heavy atom. The number of nitrogens with zero attached hydrogens (tertiary/aromatic N) is 2. The number of para-hydroxylation sites is 1. The number of amides is 1. The summed E-state index contributed by atoms with van der Waals surface area (Å²) in [5, 5.41) is 0. The van der Waals surface area contributed by atoms with Crippen molar-refractivity contribution in [3.05, 3.63) is 52.0 Å². The number of hydrogen-bond acceptors (Lipinski definition) is 3. The number of benzene rings is 1. The maximum Gasteiger partial charge on any atom is 0.370 e. The standard InChI is InChI=1S/C13H14N2O3/c1-9-11(13(17)18-15(9)3)12(16)14(2)10-7-5-4-6-8-10/h4-8H,1-3H3. The summed E-state index contributed by atoms with van der Waals surface area (Å²) < 4.78 is 6.17. The van der Waals surface area contributed by atoms with Gasteiger partial charge in [0.1, 0.15) is 5.56 Å². The molecule has 1 heterocycles. The Bertz CT molecular complexity index is 625. The molecule has 0 fully saturated rings. The van der Waals surface area contributed by atoms with E-state index in [1.807, 2.05) is 18.2 Å². The quantitative estimate of drug-likeness (QED) is 0.808. The molecule has 1 aromatic heterocycles. The molecule has 0 saturated carbocycles. The van der Waals surface area contributed by atoms with Crippen molar-refractivity contribution < 1.29 is 9.32 Å². The molecular weight excluding hydrogens is 232 g/mol. The Morgan fingerprint density at radius 3 is 2.39 bits per heavy atom. The van der Waals surface area contributed by atoms with Gasteiger partial charge in [-0.05, 0) is 19.1 Å². The van der Waals surface area contributed by atoms with Gasteiger partial charge in [-0.15, -0.1) is 0 Å². The zero-order chi connectivity index (χ0) is 13.3. The lowest BCUT2D eigenvalue weighted by Crippen LogP contribution is -2.30. The van der Waals surface area contributed by atoms with Crippen LogP contribution in [0.25, 0.3) is 0 Å². The first kappa shape index (κ1) is 12.2. The number of rotatable bonds is 2. The van der Waals surface area contributed by atoms with Gasteiger partial charge in [0.05, 0.1) is 5.69 Å². The first-order valence-corrected chi connectivity index (χ1v) is 5.52. The topological polar surface area (TPSA) is 55.5 Å². The van der Waals surface area contributed by atoms with Gasteiger partial charge in [0.25, 0.3) is 5.91 Å². The summed E-state index contributed by atoms with van der Waals surface area (Å²) in [7, 11) is 3.22. The van der Waals surface area contributed by atoms with Gasteiger partial charge in [0.2, 0.25) is 0 Å². The minimum absolute atomic E-state index is 0.0730. The highest BCUT2D eigenvalue weighted by atomic mass is 16.5. The Kier molecular flexibility index (Phi) is 3.06. The first-order chi connectivity index (χ1) is 8.52. The zero-order valence-electron chi connectivity index (χ0n) is 10.5. The van der Waals surface area contributed by atoms with Crippen LogP contribution in [0.4, 0.5) is 5.69 Å². The van der Waals surface area contributed by atoms with Gasteiger partial charge in [-0.2, -0.15) is 0 Å². The minimum Gasteiger partial charge on any atom is -0.336 e. The lowest BCUT2D eigenvalue weighted by atomic mass is 10.2. The van der Waals surface area contributed by atoms with E-state index in [0.29, 0.717) is 5.69 Å². The SMILES string of the molecule is Cc1c(C(=O)N(C)c2ccccc2)c(=O)on1C. The fraction of sp³-hybridized carbons (Fsp3) is 0.231. The molecule has 18 heavy (non-hydrogen) atoms. The molecule has 2 rings (SSSR count). The lowest BCUT2D eigenvalue weighted by molar-refractivity contribution is 0.0990. The Balaban J connectivity index is 2.41. The third-order valence-electron chi connectivity index (χ3n) is 2.92. The highest BCUT2D eigenvalue weighted by Gasteiger charge is 2.23. The van der Waals surface area contributed by atoms with E-state index in [1.54, 1.807) is 33.2 Å². The van der Waals surface area contributed by atoms with E-state index in [4.69, 9.17) is 4.52 Å². The number of carbonyl (C=O) groups excluding carboxylic acids is 1. The average molecular weight is 246 g/mol. The number of aromatic nitrogens is 1. The fourth-order valence-corrected chi connectivity index (χ4v) is 1.72. The highest BCUT2D eigenvalue weighted by Crippen LogP contribution is 2.15. The number of carbonyl (C=O) groups is 1. The van der Waals surface area contributed by atoms with Crippen molar-refractivity contribution in [1.29, 1.82) is 0 Å². The van der Waals surface area contributed by atoms with Gasteiger partial charge in [-0.1, -0.05) is 18.2 Å². The number of hydrogen-bond donors (Lipinski definition) is 0. The van der Waals surface area contributed by atoms with E-state index in [0.717, 1.165) is 5.69 Å².